The van der Waals surface area contributed by atoms with Gasteiger partial charge >= 0.3 is 6.03 Å². The molecule has 0 aliphatic carbocycles. The zero-order valence-corrected chi connectivity index (χ0v) is 18.5. The summed E-state index contributed by atoms with van der Waals surface area (Å²) in [6.07, 6.45) is 3.13. The lowest BCUT2D eigenvalue weighted by atomic mass is 9.94. The van der Waals surface area contributed by atoms with Crippen LogP contribution in [0.25, 0.3) is 0 Å². The Morgan fingerprint density at radius 3 is 2.41 bits per heavy atom. The van der Waals surface area contributed by atoms with Gasteiger partial charge in [0.15, 0.2) is 0 Å². The fourth-order valence-corrected chi connectivity index (χ4v) is 4.51. The van der Waals surface area contributed by atoms with Crippen molar-refractivity contribution in [3.63, 3.8) is 0 Å². The minimum Gasteiger partial charge on any atom is -0.333 e. The fourth-order valence-electron chi connectivity index (χ4n) is 4.51. The predicted octanol–water partition coefficient (Wildman–Crippen LogP) is 3.13. The monoisotopic (exact) mass is 400 g/mol. The number of likely N-dealkylation sites (tertiary alicyclic amines) is 1. The van der Waals surface area contributed by atoms with Crippen molar-refractivity contribution in [1.82, 2.24) is 20.4 Å². The second kappa shape index (κ2) is 8.34. The van der Waals surface area contributed by atoms with Crippen LogP contribution in [0.1, 0.15) is 59.4 Å². The van der Waals surface area contributed by atoms with Gasteiger partial charge in [-0.2, -0.15) is 0 Å². The highest BCUT2D eigenvalue weighted by Crippen LogP contribution is 2.35. The van der Waals surface area contributed by atoms with E-state index in [4.69, 9.17) is 0 Å². The van der Waals surface area contributed by atoms with E-state index in [0.29, 0.717) is 19.5 Å². The minimum atomic E-state index is -0.357. The Labute approximate surface area is 175 Å². The molecule has 29 heavy (non-hydrogen) atoms. The van der Waals surface area contributed by atoms with Crippen molar-refractivity contribution in [3.8, 4) is 0 Å². The number of benzene rings is 1. The number of hydrogen-bond acceptors (Lipinski definition) is 3. The van der Waals surface area contributed by atoms with Crippen LogP contribution >= 0.6 is 0 Å². The number of nitrogens with zero attached hydrogens (tertiary/aromatic N) is 2. The summed E-state index contributed by atoms with van der Waals surface area (Å²) in [6.45, 7) is 11.5. The van der Waals surface area contributed by atoms with Crippen LogP contribution < -0.4 is 10.6 Å². The highest BCUT2D eigenvalue weighted by atomic mass is 16.2. The molecule has 2 aliphatic heterocycles. The lowest BCUT2D eigenvalue weighted by molar-refractivity contribution is -0.136. The van der Waals surface area contributed by atoms with E-state index in [1.807, 2.05) is 43.9 Å². The topological polar surface area (TPSA) is 64.7 Å². The molecule has 2 atom stereocenters. The van der Waals surface area contributed by atoms with Crippen LogP contribution in [0.3, 0.4) is 0 Å². The van der Waals surface area contributed by atoms with E-state index >= 15 is 0 Å². The standard InChI is InChI=1S/C23H36N4O2/c1-6-17(2)27-20(28)19(16-18-10-8-7-9-11-18)24-23(27)12-14-26(15-13-23)21(29)25-22(3,4)5/h7-11,17,19,24H,6,12-16H2,1-5H3,(H,25,29)/t17-,19-/m1/s1. The van der Waals surface area contributed by atoms with E-state index in [-0.39, 0.29) is 35.2 Å². The first-order valence-electron chi connectivity index (χ1n) is 10.9. The molecular weight excluding hydrogens is 364 g/mol. The van der Waals surface area contributed by atoms with Crippen molar-refractivity contribution in [2.75, 3.05) is 13.1 Å². The van der Waals surface area contributed by atoms with Crippen molar-refractivity contribution in [1.29, 1.82) is 0 Å². The molecule has 2 fully saturated rings. The maximum absolute atomic E-state index is 13.4. The van der Waals surface area contributed by atoms with Crippen molar-refractivity contribution in [3.05, 3.63) is 35.9 Å². The molecule has 2 aliphatic rings. The summed E-state index contributed by atoms with van der Waals surface area (Å²) in [5, 5.41) is 6.74. The van der Waals surface area contributed by atoms with Gasteiger partial charge in [-0.15, -0.1) is 0 Å². The smallest absolute Gasteiger partial charge is 0.317 e. The van der Waals surface area contributed by atoms with Gasteiger partial charge in [-0.05, 0) is 46.1 Å². The lowest BCUT2D eigenvalue weighted by Gasteiger charge is -2.47. The molecule has 0 aromatic heterocycles. The second-order valence-electron chi connectivity index (χ2n) is 9.55. The number of rotatable bonds is 4. The average molecular weight is 401 g/mol. The number of carbonyl (C=O) groups excluding carboxylic acids is 2. The van der Waals surface area contributed by atoms with Crippen LogP contribution in [0.2, 0.25) is 0 Å². The van der Waals surface area contributed by atoms with E-state index in [9.17, 15) is 9.59 Å². The van der Waals surface area contributed by atoms with Gasteiger partial charge < -0.3 is 15.1 Å². The highest BCUT2D eigenvalue weighted by Gasteiger charge is 2.53. The quantitative estimate of drug-likeness (QED) is 0.816. The number of hydrogen-bond donors (Lipinski definition) is 2. The van der Waals surface area contributed by atoms with Crippen molar-refractivity contribution >= 4 is 11.9 Å². The minimum absolute atomic E-state index is 0.0207. The Bertz CT molecular complexity index is 720. The molecule has 3 amide bonds. The van der Waals surface area contributed by atoms with Gasteiger partial charge in [-0.25, -0.2) is 4.79 Å². The van der Waals surface area contributed by atoms with E-state index in [1.165, 1.54) is 5.56 Å². The zero-order valence-electron chi connectivity index (χ0n) is 18.5. The first kappa shape index (κ1) is 21.6. The maximum atomic E-state index is 13.4. The third-order valence-electron chi connectivity index (χ3n) is 6.11. The Balaban J connectivity index is 1.74. The maximum Gasteiger partial charge on any atom is 0.317 e. The van der Waals surface area contributed by atoms with E-state index in [0.717, 1.165) is 19.3 Å². The summed E-state index contributed by atoms with van der Waals surface area (Å²) in [5.41, 5.74) is 0.559. The fraction of sp³-hybridized carbons (Fsp3) is 0.652. The van der Waals surface area contributed by atoms with Crippen LogP contribution in [0.4, 0.5) is 4.79 Å². The van der Waals surface area contributed by atoms with Crippen molar-refractivity contribution in [2.45, 2.75) is 83.6 Å². The SMILES string of the molecule is CC[C@@H](C)N1C(=O)[C@@H](Cc2ccccc2)NC12CCN(C(=O)NC(C)(C)C)CC2. The lowest BCUT2D eigenvalue weighted by Crippen LogP contribution is -2.62. The molecule has 1 aromatic rings. The molecule has 160 valence electrons. The molecule has 0 bridgehead atoms. The molecule has 1 spiro atoms. The Kier molecular flexibility index (Phi) is 6.22. The van der Waals surface area contributed by atoms with Gasteiger partial charge in [-0.3, -0.25) is 10.1 Å². The van der Waals surface area contributed by atoms with Gasteiger partial charge in [0.25, 0.3) is 0 Å². The van der Waals surface area contributed by atoms with Gasteiger partial charge in [0.2, 0.25) is 5.91 Å². The summed E-state index contributed by atoms with van der Waals surface area (Å²) >= 11 is 0. The average Bonchev–Trinajstić information content (AvgIpc) is 2.92. The Morgan fingerprint density at radius 1 is 1.24 bits per heavy atom. The molecule has 6 heteroatoms. The Morgan fingerprint density at radius 2 is 1.86 bits per heavy atom. The van der Waals surface area contributed by atoms with E-state index in [1.54, 1.807) is 0 Å². The van der Waals surface area contributed by atoms with Gasteiger partial charge in [0, 0.05) is 37.5 Å². The summed E-state index contributed by atoms with van der Waals surface area (Å²) in [4.78, 5) is 29.9. The normalized spacial score (nSPS) is 22.8. The molecule has 2 saturated heterocycles. The number of carbonyl (C=O) groups is 2. The number of urea groups is 1. The summed E-state index contributed by atoms with van der Waals surface area (Å²) in [6, 6.07) is 10.1. The molecule has 0 radical (unpaired) electrons. The number of amides is 3. The summed E-state index contributed by atoms with van der Waals surface area (Å²) in [7, 11) is 0. The van der Waals surface area contributed by atoms with Gasteiger partial charge in [0.05, 0.1) is 11.7 Å². The van der Waals surface area contributed by atoms with Crippen LogP contribution in [0.5, 0.6) is 0 Å². The van der Waals surface area contributed by atoms with Gasteiger partial charge in [0.1, 0.15) is 0 Å². The molecule has 6 nitrogen and oxygen atoms in total. The largest absolute Gasteiger partial charge is 0.333 e. The second-order valence-corrected chi connectivity index (χ2v) is 9.55. The third kappa shape index (κ3) is 4.74. The molecule has 2 N–H and O–H groups in total. The van der Waals surface area contributed by atoms with Crippen LogP contribution in [-0.2, 0) is 11.2 Å². The molecule has 3 rings (SSSR count). The van der Waals surface area contributed by atoms with Gasteiger partial charge in [-0.1, -0.05) is 37.3 Å². The van der Waals surface area contributed by atoms with Crippen LogP contribution in [0, 0.1) is 0 Å². The van der Waals surface area contributed by atoms with E-state index in [2.05, 4.69) is 41.5 Å². The summed E-state index contributed by atoms with van der Waals surface area (Å²) in [5.74, 6) is 0.191. The van der Waals surface area contributed by atoms with Crippen LogP contribution in [-0.4, -0.2) is 58.1 Å². The molecule has 2 heterocycles. The van der Waals surface area contributed by atoms with Crippen LogP contribution in [0.15, 0.2) is 30.3 Å². The molecule has 0 unspecified atom stereocenters. The molecule has 0 saturated carbocycles. The van der Waals surface area contributed by atoms with E-state index < -0.39 is 0 Å². The molecular formula is C23H36N4O2. The Hall–Kier alpha value is -2.08. The predicted molar refractivity (Wildman–Crippen MR) is 115 cm³/mol. The summed E-state index contributed by atoms with van der Waals surface area (Å²) < 4.78 is 0. The number of nitrogens with one attached hydrogen (secondary N) is 2. The zero-order chi connectivity index (χ0) is 21.2. The first-order chi connectivity index (χ1) is 13.6. The van der Waals surface area contributed by atoms with Crippen molar-refractivity contribution < 1.29 is 9.59 Å². The third-order valence-corrected chi connectivity index (χ3v) is 6.11. The number of piperidine rings is 1. The molecule has 1 aromatic carbocycles. The highest BCUT2D eigenvalue weighted by molar-refractivity contribution is 5.86. The van der Waals surface area contributed by atoms with Crippen molar-refractivity contribution in [2.24, 2.45) is 0 Å². The first-order valence-corrected chi connectivity index (χ1v) is 10.9.